The highest BCUT2D eigenvalue weighted by molar-refractivity contribution is 6.30. The molecular formula is C14H15ClFNO. The molecule has 2 nitrogen and oxygen atoms in total. The van der Waals surface area contributed by atoms with E-state index >= 15 is 0 Å². The fourth-order valence-electron chi connectivity index (χ4n) is 1.82. The minimum atomic E-state index is -0.413. The van der Waals surface area contributed by atoms with Gasteiger partial charge in [-0.3, -0.25) is 0 Å². The first kappa shape index (κ1) is 13.1. The Kier molecular flexibility index (Phi) is 4.39. The maximum Gasteiger partial charge on any atom is 0.142 e. The lowest BCUT2D eigenvalue weighted by Crippen LogP contribution is -2.22. The van der Waals surface area contributed by atoms with Crippen LogP contribution >= 0.6 is 11.6 Å². The van der Waals surface area contributed by atoms with Crippen molar-refractivity contribution in [3.05, 3.63) is 58.8 Å². The Balaban J connectivity index is 2.30. The maximum atomic E-state index is 13.5. The van der Waals surface area contributed by atoms with Crippen molar-refractivity contribution >= 4 is 11.6 Å². The Bertz CT molecular complexity index is 499. The third-order valence-corrected chi connectivity index (χ3v) is 3.01. The fraction of sp³-hybridized carbons (Fsp3) is 0.286. The average molecular weight is 268 g/mol. The summed E-state index contributed by atoms with van der Waals surface area (Å²) in [5.74, 6) is 0.356. The van der Waals surface area contributed by atoms with Gasteiger partial charge in [-0.2, -0.15) is 0 Å². The summed E-state index contributed by atoms with van der Waals surface area (Å²) in [6.07, 6.45) is 2.61. The van der Waals surface area contributed by atoms with Crippen molar-refractivity contribution in [2.75, 3.05) is 6.54 Å². The van der Waals surface area contributed by atoms with Crippen LogP contribution in [0.1, 0.15) is 30.7 Å². The number of rotatable bonds is 5. The van der Waals surface area contributed by atoms with Crippen molar-refractivity contribution in [1.29, 1.82) is 0 Å². The van der Waals surface area contributed by atoms with Gasteiger partial charge in [0.25, 0.3) is 0 Å². The van der Waals surface area contributed by atoms with Crippen LogP contribution in [0.3, 0.4) is 0 Å². The van der Waals surface area contributed by atoms with E-state index in [1.807, 2.05) is 12.1 Å². The predicted molar refractivity (Wildman–Crippen MR) is 70.3 cm³/mol. The van der Waals surface area contributed by atoms with E-state index in [9.17, 15) is 4.39 Å². The smallest absolute Gasteiger partial charge is 0.142 e. The largest absolute Gasteiger partial charge is 0.467 e. The summed E-state index contributed by atoms with van der Waals surface area (Å²) >= 11 is 5.70. The fourth-order valence-corrected chi connectivity index (χ4v) is 1.94. The molecule has 1 unspecified atom stereocenters. The van der Waals surface area contributed by atoms with Gasteiger partial charge in [-0.05, 0) is 42.8 Å². The van der Waals surface area contributed by atoms with Crippen molar-refractivity contribution in [1.82, 2.24) is 5.32 Å². The van der Waals surface area contributed by atoms with E-state index in [1.165, 1.54) is 6.07 Å². The Morgan fingerprint density at radius 3 is 2.83 bits per heavy atom. The minimum absolute atomic E-state index is 0.132. The monoisotopic (exact) mass is 267 g/mol. The maximum absolute atomic E-state index is 13.5. The second-order valence-electron chi connectivity index (χ2n) is 4.08. The molecule has 0 aliphatic heterocycles. The Morgan fingerprint density at radius 1 is 1.39 bits per heavy atom. The molecule has 0 aliphatic rings. The number of hydrogen-bond donors (Lipinski definition) is 1. The average Bonchev–Trinajstić information content (AvgIpc) is 2.88. The van der Waals surface area contributed by atoms with Gasteiger partial charge in [0.2, 0.25) is 0 Å². The SMILES string of the molecule is CCCNC(c1ccc(Cl)c(F)c1)c1ccco1. The van der Waals surface area contributed by atoms with Crippen molar-refractivity contribution < 1.29 is 8.81 Å². The van der Waals surface area contributed by atoms with Crippen LogP contribution in [0.15, 0.2) is 41.0 Å². The van der Waals surface area contributed by atoms with Gasteiger partial charge < -0.3 is 9.73 Å². The van der Waals surface area contributed by atoms with Crippen LogP contribution in [-0.2, 0) is 0 Å². The van der Waals surface area contributed by atoms with Gasteiger partial charge in [-0.25, -0.2) is 4.39 Å². The zero-order valence-electron chi connectivity index (χ0n) is 10.1. The molecule has 1 atom stereocenters. The molecule has 1 aromatic carbocycles. The van der Waals surface area contributed by atoms with E-state index in [0.717, 1.165) is 24.3 Å². The molecule has 0 amide bonds. The molecule has 2 rings (SSSR count). The second kappa shape index (κ2) is 6.03. The first-order valence-corrected chi connectivity index (χ1v) is 6.32. The number of furan rings is 1. The third kappa shape index (κ3) is 2.92. The predicted octanol–water partition coefficient (Wildman–Crippen LogP) is 4.16. The zero-order valence-corrected chi connectivity index (χ0v) is 10.9. The Hall–Kier alpha value is -1.32. The van der Waals surface area contributed by atoms with Crippen LogP contribution in [-0.4, -0.2) is 6.54 Å². The van der Waals surface area contributed by atoms with Gasteiger partial charge in [0.1, 0.15) is 11.6 Å². The molecular weight excluding hydrogens is 253 g/mol. The Labute approximate surface area is 111 Å². The molecule has 4 heteroatoms. The van der Waals surface area contributed by atoms with Crippen LogP contribution in [0.2, 0.25) is 5.02 Å². The second-order valence-corrected chi connectivity index (χ2v) is 4.48. The molecule has 1 heterocycles. The van der Waals surface area contributed by atoms with Crippen molar-refractivity contribution in [2.45, 2.75) is 19.4 Å². The summed E-state index contributed by atoms with van der Waals surface area (Å²) in [7, 11) is 0. The van der Waals surface area contributed by atoms with Gasteiger partial charge in [-0.1, -0.05) is 24.6 Å². The minimum Gasteiger partial charge on any atom is -0.467 e. The van der Waals surface area contributed by atoms with E-state index in [4.69, 9.17) is 16.0 Å². The van der Waals surface area contributed by atoms with Crippen molar-refractivity contribution in [3.8, 4) is 0 Å². The lowest BCUT2D eigenvalue weighted by Gasteiger charge is -2.17. The highest BCUT2D eigenvalue weighted by Gasteiger charge is 2.17. The summed E-state index contributed by atoms with van der Waals surface area (Å²) in [5, 5.41) is 3.46. The number of hydrogen-bond acceptors (Lipinski definition) is 2. The van der Waals surface area contributed by atoms with Crippen LogP contribution < -0.4 is 5.32 Å². The zero-order chi connectivity index (χ0) is 13.0. The molecule has 0 radical (unpaired) electrons. The molecule has 0 aliphatic carbocycles. The molecule has 0 fully saturated rings. The normalized spacial score (nSPS) is 12.6. The van der Waals surface area contributed by atoms with Gasteiger partial charge in [-0.15, -0.1) is 0 Å². The lowest BCUT2D eigenvalue weighted by molar-refractivity contribution is 0.445. The van der Waals surface area contributed by atoms with E-state index < -0.39 is 5.82 Å². The molecule has 0 saturated heterocycles. The summed E-state index contributed by atoms with van der Waals surface area (Å²) < 4.78 is 18.9. The number of halogens is 2. The standard InChI is InChI=1S/C14H15ClFNO/c1-2-7-17-14(13-4-3-8-18-13)10-5-6-11(15)12(16)9-10/h3-6,8-9,14,17H,2,7H2,1H3. The highest BCUT2D eigenvalue weighted by atomic mass is 35.5. The van der Waals surface area contributed by atoms with Crippen LogP contribution in [0.5, 0.6) is 0 Å². The van der Waals surface area contributed by atoms with Crippen molar-refractivity contribution in [3.63, 3.8) is 0 Å². The van der Waals surface area contributed by atoms with Crippen LogP contribution in [0.25, 0.3) is 0 Å². The molecule has 1 aromatic heterocycles. The molecule has 2 aromatic rings. The van der Waals surface area contributed by atoms with Gasteiger partial charge in [0.05, 0.1) is 17.3 Å². The van der Waals surface area contributed by atoms with Crippen LogP contribution in [0, 0.1) is 5.82 Å². The summed E-state index contributed by atoms with van der Waals surface area (Å²) in [6.45, 7) is 2.91. The topological polar surface area (TPSA) is 25.2 Å². The summed E-state index contributed by atoms with van der Waals surface area (Å²) in [6, 6.07) is 8.36. The van der Waals surface area contributed by atoms with E-state index in [1.54, 1.807) is 18.4 Å². The lowest BCUT2D eigenvalue weighted by atomic mass is 10.0. The van der Waals surface area contributed by atoms with Gasteiger partial charge in [0.15, 0.2) is 0 Å². The third-order valence-electron chi connectivity index (χ3n) is 2.70. The molecule has 1 N–H and O–H groups in total. The summed E-state index contributed by atoms with van der Waals surface area (Å²) in [5.41, 5.74) is 0.806. The summed E-state index contributed by atoms with van der Waals surface area (Å²) in [4.78, 5) is 0. The van der Waals surface area contributed by atoms with E-state index in [2.05, 4.69) is 12.2 Å². The Morgan fingerprint density at radius 2 is 2.22 bits per heavy atom. The van der Waals surface area contributed by atoms with Gasteiger partial charge in [0, 0.05) is 0 Å². The molecule has 18 heavy (non-hydrogen) atoms. The van der Waals surface area contributed by atoms with E-state index in [0.29, 0.717) is 0 Å². The van der Waals surface area contributed by atoms with Crippen LogP contribution in [0.4, 0.5) is 4.39 Å². The quantitative estimate of drug-likeness (QED) is 0.880. The highest BCUT2D eigenvalue weighted by Crippen LogP contribution is 2.25. The van der Waals surface area contributed by atoms with Crippen molar-refractivity contribution in [2.24, 2.45) is 0 Å². The first-order chi connectivity index (χ1) is 8.72. The molecule has 0 saturated carbocycles. The number of benzene rings is 1. The number of nitrogens with one attached hydrogen (secondary N) is 1. The van der Waals surface area contributed by atoms with Gasteiger partial charge >= 0.3 is 0 Å². The molecule has 96 valence electrons. The molecule has 0 spiro atoms. The molecule has 0 bridgehead atoms. The van der Waals surface area contributed by atoms with E-state index in [-0.39, 0.29) is 11.1 Å². The first-order valence-electron chi connectivity index (χ1n) is 5.94.